The lowest BCUT2D eigenvalue weighted by molar-refractivity contribution is 0.109. The largest absolute Gasteiger partial charge is 0.393 e. The second kappa shape index (κ2) is 3.00. The number of rotatable bonds is 0. The van der Waals surface area contributed by atoms with E-state index in [0.717, 1.165) is 18.3 Å². The summed E-state index contributed by atoms with van der Waals surface area (Å²) in [5.74, 6) is 2.10. The molecule has 2 heteroatoms. The highest BCUT2D eigenvalue weighted by Gasteiger charge is 2.41. The molecule has 1 saturated carbocycles. The summed E-state index contributed by atoms with van der Waals surface area (Å²) in [7, 11) is 2.19. The third-order valence-corrected chi connectivity index (χ3v) is 3.84. The standard InChI is InChI=1S/C10H19NO/c1-7-9-6-11(2)4-3-8(9)5-10(7)12/h7-10,12H,3-6H2,1-2H3/t7-,8-,9+,10+/m1/s1. The molecule has 0 unspecified atom stereocenters. The molecule has 0 bridgehead atoms. The molecule has 0 radical (unpaired) electrons. The van der Waals surface area contributed by atoms with Crippen LogP contribution in [0.4, 0.5) is 0 Å². The first kappa shape index (κ1) is 8.52. The normalized spacial score (nSPS) is 49.2. The molecule has 0 aromatic carbocycles. The van der Waals surface area contributed by atoms with Crippen molar-refractivity contribution in [1.82, 2.24) is 4.90 Å². The number of likely N-dealkylation sites (tertiary alicyclic amines) is 1. The number of aliphatic hydroxyl groups excluding tert-OH is 1. The summed E-state index contributed by atoms with van der Waals surface area (Å²) in [6.07, 6.45) is 2.33. The number of nitrogens with zero attached hydrogens (tertiary/aromatic N) is 1. The topological polar surface area (TPSA) is 23.5 Å². The molecule has 1 saturated heterocycles. The van der Waals surface area contributed by atoms with Crippen LogP contribution in [0.3, 0.4) is 0 Å². The van der Waals surface area contributed by atoms with E-state index in [1.807, 2.05) is 0 Å². The van der Waals surface area contributed by atoms with Gasteiger partial charge in [-0.15, -0.1) is 0 Å². The Morgan fingerprint density at radius 3 is 2.92 bits per heavy atom. The van der Waals surface area contributed by atoms with Crippen molar-refractivity contribution in [1.29, 1.82) is 0 Å². The SMILES string of the molecule is C[C@@H]1[C@@H]2CN(C)CC[C@@H]2C[C@@H]1O. The Hall–Kier alpha value is -0.0800. The monoisotopic (exact) mass is 169 g/mol. The summed E-state index contributed by atoms with van der Waals surface area (Å²) in [5.41, 5.74) is 0. The Kier molecular flexibility index (Phi) is 2.13. The number of aliphatic hydroxyl groups is 1. The fraction of sp³-hybridized carbons (Fsp3) is 1.00. The zero-order valence-corrected chi connectivity index (χ0v) is 8.03. The molecule has 0 spiro atoms. The molecule has 1 N–H and O–H groups in total. The van der Waals surface area contributed by atoms with E-state index >= 15 is 0 Å². The van der Waals surface area contributed by atoms with Gasteiger partial charge < -0.3 is 10.0 Å². The second-order valence-electron chi connectivity index (χ2n) is 4.64. The molecule has 0 aromatic heterocycles. The number of hydrogen-bond donors (Lipinski definition) is 1. The number of piperidine rings is 1. The first-order valence-electron chi connectivity index (χ1n) is 5.05. The van der Waals surface area contributed by atoms with Gasteiger partial charge in [0.25, 0.3) is 0 Å². The van der Waals surface area contributed by atoms with E-state index in [1.165, 1.54) is 19.5 Å². The lowest BCUT2D eigenvalue weighted by Gasteiger charge is -2.34. The van der Waals surface area contributed by atoms with Crippen LogP contribution in [0, 0.1) is 17.8 Å². The van der Waals surface area contributed by atoms with Gasteiger partial charge in [-0.2, -0.15) is 0 Å². The summed E-state index contributed by atoms with van der Waals surface area (Å²) in [6.45, 7) is 4.62. The minimum absolute atomic E-state index is 0.0218. The third kappa shape index (κ3) is 1.27. The summed E-state index contributed by atoms with van der Waals surface area (Å²) >= 11 is 0. The van der Waals surface area contributed by atoms with Gasteiger partial charge in [-0.05, 0) is 44.2 Å². The molecule has 2 nitrogen and oxygen atoms in total. The summed E-state index contributed by atoms with van der Waals surface area (Å²) < 4.78 is 0. The molecule has 2 rings (SSSR count). The van der Waals surface area contributed by atoms with Crippen LogP contribution in [0.25, 0.3) is 0 Å². The molecule has 2 fully saturated rings. The zero-order valence-electron chi connectivity index (χ0n) is 8.03. The second-order valence-corrected chi connectivity index (χ2v) is 4.64. The predicted octanol–water partition coefficient (Wildman–Crippen LogP) is 0.955. The molecule has 12 heavy (non-hydrogen) atoms. The third-order valence-electron chi connectivity index (χ3n) is 3.84. The van der Waals surface area contributed by atoms with E-state index in [4.69, 9.17) is 0 Å². The molecule has 1 heterocycles. The zero-order chi connectivity index (χ0) is 8.72. The van der Waals surface area contributed by atoms with Gasteiger partial charge >= 0.3 is 0 Å². The quantitative estimate of drug-likeness (QED) is 0.584. The smallest absolute Gasteiger partial charge is 0.0571 e. The van der Waals surface area contributed by atoms with Crippen LogP contribution >= 0.6 is 0 Å². The average molecular weight is 169 g/mol. The number of hydrogen-bond acceptors (Lipinski definition) is 2. The van der Waals surface area contributed by atoms with Crippen molar-refractivity contribution in [3.05, 3.63) is 0 Å². The van der Waals surface area contributed by atoms with Gasteiger partial charge in [-0.3, -0.25) is 0 Å². The first-order chi connectivity index (χ1) is 5.68. The van der Waals surface area contributed by atoms with Gasteiger partial charge in [0.05, 0.1) is 6.10 Å². The van der Waals surface area contributed by atoms with Gasteiger partial charge in [0.2, 0.25) is 0 Å². The Bertz CT molecular complexity index is 171. The first-order valence-corrected chi connectivity index (χ1v) is 5.05. The van der Waals surface area contributed by atoms with E-state index in [2.05, 4.69) is 18.9 Å². The van der Waals surface area contributed by atoms with Gasteiger partial charge in [-0.25, -0.2) is 0 Å². The van der Waals surface area contributed by atoms with E-state index in [-0.39, 0.29) is 6.10 Å². The maximum absolute atomic E-state index is 9.70. The lowest BCUT2D eigenvalue weighted by Crippen LogP contribution is -2.37. The van der Waals surface area contributed by atoms with Crippen LogP contribution in [0.15, 0.2) is 0 Å². The summed E-state index contributed by atoms with van der Waals surface area (Å²) in [4.78, 5) is 2.40. The Morgan fingerprint density at radius 2 is 2.17 bits per heavy atom. The molecule has 1 aliphatic heterocycles. The summed E-state index contributed by atoms with van der Waals surface area (Å²) in [6, 6.07) is 0. The van der Waals surface area contributed by atoms with E-state index in [9.17, 15) is 5.11 Å². The van der Waals surface area contributed by atoms with Gasteiger partial charge in [0, 0.05) is 6.54 Å². The predicted molar refractivity (Wildman–Crippen MR) is 48.9 cm³/mol. The molecular weight excluding hydrogens is 150 g/mol. The highest BCUT2D eigenvalue weighted by atomic mass is 16.3. The minimum atomic E-state index is -0.0218. The van der Waals surface area contributed by atoms with Crippen molar-refractivity contribution in [2.24, 2.45) is 17.8 Å². The van der Waals surface area contributed by atoms with Crippen LogP contribution in [0.5, 0.6) is 0 Å². The minimum Gasteiger partial charge on any atom is -0.393 e. The summed E-state index contributed by atoms with van der Waals surface area (Å²) in [5, 5.41) is 9.70. The van der Waals surface area contributed by atoms with Crippen molar-refractivity contribution < 1.29 is 5.11 Å². The van der Waals surface area contributed by atoms with Crippen molar-refractivity contribution in [2.75, 3.05) is 20.1 Å². The van der Waals surface area contributed by atoms with E-state index < -0.39 is 0 Å². The molecule has 1 aliphatic carbocycles. The maximum Gasteiger partial charge on any atom is 0.0571 e. The van der Waals surface area contributed by atoms with Crippen LogP contribution in [-0.2, 0) is 0 Å². The van der Waals surface area contributed by atoms with Gasteiger partial charge in [0.1, 0.15) is 0 Å². The van der Waals surface area contributed by atoms with Crippen molar-refractivity contribution in [2.45, 2.75) is 25.9 Å². The Labute approximate surface area is 74.6 Å². The Balaban J connectivity index is 2.05. The highest BCUT2D eigenvalue weighted by Crippen LogP contribution is 2.41. The molecule has 0 amide bonds. The molecular formula is C10H19NO. The van der Waals surface area contributed by atoms with Crippen LogP contribution < -0.4 is 0 Å². The maximum atomic E-state index is 9.70. The molecule has 70 valence electrons. The molecule has 4 atom stereocenters. The molecule has 0 aromatic rings. The fourth-order valence-electron chi connectivity index (χ4n) is 2.90. The van der Waals surface area contributed by atoms with Crippen molar-refractivity contribution in [3.8, 4) is 0 Å². The van der Waals surface area contributed by atoms with E-state index in [1.54, 1.807) is 0 Å². The van der Waals surface area contributed by atoms with E-state index in [0.29, 0.717) is 5.92 Å². The van der Waals surface area contributed by atoms with Crippen molar-refractivity contribution >= 4 is 0 Å². The van der Waals surface area contributed by atoms with Crippen LogP contribution in [0.2, 0.25) is 0 Å². The van der Waals surface area contributed by atoms with Crippen LogP contribution in [0.1, 0.15) is 19.8 Å². The van der Waals surface area contributed by atoms with Gasteiger partial charge in [-0.1, -0.05) is 6.92 Å². The highest BCUT2D eigenvalue weighted by molar-refractivity contribution is 4.92. The fourth-order valence-corrected chi connectivity index (χ4v) is 2.90. The van der Waals surface area contributed by atoms with Gasteiger partial charge in [0.15, 0.2) is 0 Å². The van der Waals surface area contributed by atoms with Crippen LogP contribution in [-0.4, -0.2) is 36.2 Å². The van der Waals surface area contributed by atoms with Crippen molar-refractivity contribution in [3.63, 3.8) is 0 Å². The molecule has 2 aliphatic rings. The lowest BCUT2D eigenvalue weighted by atomic mass is 9.85. The Morgan fingerprint density at radius 1 is 1.42 bits per heavy atom. The average Bonchev–Trinajstić information content (AvgIpc) is 2.31. The number of fused-ring (bicyclic) bond motifs is 1.